The lowest BCUT2D eigenvalue weighted by molar-refractivity contribution is 0.169. The number of carbonyl (C=O) groups is 2. The van der Waals surface area contributed by atoms with Gasteiger partial charge in [-0.05, 0) is 38.9 Å². The Bertz CT molecular complexity index is 254. The van der Waals surface area contributed by atoms with Gasteiger partial charge in [-0.25, -0.2) is 9.59 Å². The molecule has 0 unspecified atom stereocenters. The lowest BCUT2D eigenvalue weighted by Gasteiger charge is -2.06. The molecule has 0 spiro atoms. The van der Waals surface area contributed by atoms with Crippen LogP contribution in [0.1, 0.15) is 19.3 Å². The van der Waals surface area contributed by atoms with E-state index in [0.717, 1.165) is 45.4 Å². The summed E-state index contributed by atoms with van der Waals surface area (Å²) in [5, 5.41) is 9.00. The first-order valence-corrected chi connectivity index (χ1v) is 7.51. The molecule has 5 N–H and O–H groups in total. The maximum absolute atomic E-state index is 10.9. The van der Waals surface area contributed by atoms with Gasteiger partial charge in [0.05, 0.1) is 22.6 Å². The number of alkyl carbamates (subject to hydrolysis) is 1. The van der Waals surface area contributed by atoms with E-state index >= 15 is 0 Å². The van der Waals surface area contributed by atoms with Gasteiger partial charge in [-0.2, -0.15) is 0 Å². The van der Waals surface area contributed by atoms with E-state index in [1.54, 1.807) is 0 Å². The van der Waals surface area contributed by atoms with Crippen LogP contribution in [0, 0.1) is 0 Å². The fraction of sp³-hybridized carbons (Fsp3) is 0.818. The first-order chi connectivity index (χ1) is 9.16. The Labute approximate surface area is 127 Å². The van der Waals surface area contributed by atoms with E-state index in [1.165, 1.54) is 22.6 Å². The Hall–Kier alpha value is -0.450. The predicted molar refractivity (Wildman–Crippen MR) is 82.5 cm³/mol. The van der Waals surface area contributed by atoms with Gasteiger partial charge in [0, 0.05) is 19.6 Å². The van der Waals surface area contributed by atoms with E-state index in [2.05, 4.69) is 20.7 Å². The van der Waals surface area contributed by atoms with Gasteiger partial charge >= 0.3 is 10.1 Å². The molecule has 0 saturated heterocycles. The number of nitrogens with two attached hydrogens (primary N) is 1. The van der Waals surface area contributed by atoms with E-state index in [4.69, 9.17) is 5.73 Å². The van der Waals surface area contributed by atoms with E-state index in [9.17, 15) is 9.59 Å². The van der Waals surface area contributed by atoms with Crippen LogP contribution in [0.25, 0.3) is 0 Å². The molecule has 0 atom stereocenters. The van der Waals surface area contributed by atoms with E-state index in [-0.39, 0.29) is 0 Å². The second-order valence-electron chi connectivity index (χ2n) is 3.90. The Balaban J connectivity index is 3.10. The maximum atomic E-state index is 10.9. The molecule has 19 heavy (non-hydrogen) atoms. The zero-order valence-electron chi connectivity index (χ0n) is 11.0. The smallest absolute Gasteiger partial charge is 0.368 e. The van der Waals surface area contributed by atoms with Gasteiger partial charge in [-0.15, -0.1) is 0 Å². The average molecular weight is 386 g/mol. The summed E-state index contributed by atoms with van der Waals surface area (Å²) in [6, 6.07) is 0. The molecule has 112 valence electrons. The first kappa shape index (κ1) is 18.6. The maximum Gasteiger partial charge on any atom is 0.415 e. The normalized spacial score (nSPS) is 10.2. The van der Waals surface area contributed by atoms with Crippen LogP contribution in [0.15, 0.2) is 0 Å². The molecular formula is C11H23IN4O3. The Morgan fingerprint density at radius 1 is 0.947 bits per heavy atom. The Morgan fingerprint density at radius 2 is 1.53 bits per heavy atom. The molecule has 0 aromatic heterocycles. The van der Waals surface area contributed by atoms with Crippen molar-refractivity contribution in [2.75, 3.05) is 39.3 Å². The van der Waals surface area contributed by atoms with Gasteiger partial charge in [-0.3, -0.25) is 0 Å². The molecule has 0 rings (SSSR count). The topological polar surface area (TPSA) is 105 Å². The van der Waals surface area contributed by atoms with Gasteiger partial charge in [0.15, 0.2) is 0 Å². The lowest BCUT2D eigenvalue weighted by Crippen LogP contribution is -2.28. The highest BCUT2D eigenvalue weighted by Gasteiger charge is 2.04. The number of hydrogen-bond donors (Lipinski definition) is 4. The summed E-state index contributed by atoms with van der Waals surface area (Å²) in [5.74, 6) is 0. The number of amides is 1. The summed E-state index contributed by atoms with van der Waals surface area (Å²) >= 11 is 1.41. The van der Waals surface area contributed by atoms with Crippen molar-refractivity contribution in [3.8, 4) is 0 Å². The van der Waals surface area contributed by atoms with Crippen molar-refractivity contribution in [2.24, 2.45) is 5.73 Å². The first-order valence-electron chi connectivity index (χ1n) is 6.43. The standard InChI is InChI=1S/C11H23IN4O3/c12-10(17)19-11(18)16-8-3-7-14-5-1-2-6-15-9-4-13/h14-15H,1-9,13H2,(H,16,18). The minimum Gasteiger partial charge on any atom is -0.368 e. The number of nitrogens with one attached hydrogen (secondary N) is 3. The van der Waals surface area contributed by atoms with Crippen LogP contribution in [0.3, 0.4) is 0 Å². The fourth-order valence-corrected chi connectivity index (χ4v) is 1.56. The number of unbranched alkanes of at least 4 members (excludes halogenated alkanes) is 1. The number of carbonyl (C=O) groups excluding carboxylic acids is 2. The van der Waals surface area contributed by atoms with E-state index < -0.39 is 10.1 Å². The molecule has 0 aliphatic rings. The van der Waals surface area contributed by atoms with Gasteiger partial charge in [0.25, 0.3) is 0 Å². The zero-order valence-corrected chi connectivity index (χ0v) is 13.2. The molecule has 7 nitrogen and oxygen atoms in total. The quantitative estimate of drug-likeness (QED) is 0.179. The minimum absolute atomic E-state index is 0.494. The van der Waals surface area contributed by atoms with Crippen molar-refractivity contribution >= 4 is 32.7 Å². The van der Waals surface area contributed by atoms with E-state index in [0.29, 0.717) is 13.1 Å². The van der Waals surface area contributed by atoms with Crippen LogP contribution in [0.4, 0.5) is 9.59 Å². The lowest BCUT2D eigenvalue weighted by atomic mass is 10.3. The molecular weight excluding hydrogens is 363 g/mol. The third kappa shape index (κ3) is 15.5. The zero-order chi connectivity index (χ0) is 14.3. The third-order valence-electron chi connectivity index (χ3n) is 2.25. The van der Waals surface area contributed by atoms with Crippen molar-refractivity contribution in [1.82, 2.24) is 16.0 Å². The molecule has 1 amide bonds. The second kappa shape index (κ2) is 14.0. The molecule has 0 aromatic rings. The van der Waals surface area contributed by atoms with Gasteiger partial charge in [0.1, 0.15) is 0 Å². The summed E-state index contributed by atoms with van der Waals surface area (Å²) in [7, 11) is 0. The molecule has 0 heterocycles. The summed E-state index contributed by atoms with van der Waals surface area (Å²) in [5.41, 5.74) is 5.35. The third-order valence-corrected chi connectivity index (χ3v) is 2.47. The molecule has 0 aromatic carbocycles. The van der Waals surface area contributed by atoms with Crippen LogP contribution >= 0.6 is 22.6 Å². The van der Waals surface area contributed by atoms with E-state index in [1.807, 2.05) is 0 Å². The molecule has 0 fully saturated rings. The Kier molecular flexibility index (Phi) is 13.6. The highest BCUT2D eigenvalue weighted by molar-refractivity contribution is 14.1. The summed E-state index contributed by atoms with van der Waals surface area (Å²) in [6.07, 6.45) is 2.34. The summed E-state index contributed by atoms with van der Waals surface area (Å²) < 4.78 is 3.68. The molecule has 0 saturated carbocycles. The number of rotatable bonds is 11. The number of halogens is 1. The van der Waals surface area contributed by atoms with Crippen LogP contribution < -0.4 is 21.7 Å². The van der Waals surface area contributed by atoms with Crippen LogP contribution in [0.2, 0.25) is 0 Å². The van der Waals surface area contributed by atoms with Crippen LogP contribution in [0.5, 0.6) is 0 Å². The van der Waals surface area contributed by atoms with Crippen molar-refractivity contribution in [3.63, 3.8) is 0 Å². The van der Waals surface area contributed by atoms with Gasteiger partial charge in [-0.1, -0.05) is 0 Å². The molecule has 0 aliphatic heterocycles. The largest absolute Gasteiger partial charge is 0.415 e. The number of ether oxygens (including phenoxy) is 1. The fourth-order valence-electron chi connectivity index (χ4n) is 1.36. The molecule has 8 heteroatoms. The highest BCUT2D eigenvalue weighted by atomic mass is 127. The van der Waals surface area contributed by atoms with Crippen LogP contribution in [-0.4, -0.2) is 49.3 Å². The van der Waals surface area contributed by atoms with Gasteiger partial charge < -0.3 is 26.4 Å². The van der Waals surface area contributed by atoms with Crippen molar-refractivity contribution in [1.29, 1.82) is 0 Å². The van der Waals surface area contributed by atoms with Crippen molar-refractivity contribution < 1.29 is 14.3 Å². The molecule has 0 bridgehead atoms. The molecule has 0 radical (unpaired) electrons. The average Bonchev–Trinajstić information content (AvgIpc) is 2.35. The second-order valence-corrected chi connectivity index (χ2v) is 4.78. The summed E-state index contributed by atoms with van der Waals surface area (Å²) in [6.45, 7) is 4.83. The Morgan fingerprint density at radius 3 is 2.11 bits per heavy atom. The molecule has 0 aliphatic carbocycles. The SMILES string of the molecule is NCCNCCCCNCCCNC(=O)OC(=O)I. The monoisotopic (exact) mass is 386 g/mol. The van der Waals surface area contributed by atoms with Crippen LogP contribution in [-0.2, 0) is 4.74 Å². The van der Waals surface area contributed by atoms with Gasteiger partial charge in [0.2, 0.25) is 0 Å². The van der Waals surface area contributed by atoms with Crippen molar-refractivity contribution in [2.45, 2.75) is 19.3 Å². The number of hydrogen-bond acceptors (Lipinski definition) is 6. The summed E-state index contributed by atoms with van der Waals surface area (Å²) in [4.78, 5) is 21.4. The minimum atomic E-state index is -0.689. The van der Waals surface area contributed by atoms with Crippen molar-refractivity contribution in [3.05, 3.63) is 0 Å². The highest BCUT2D eigenvalue weighted by Crippen LogP contribution is 1.91. The predicted octanol–water partition coefficient (Wildman–Crippen LogP) is 0.576.